The largest absolute Gasteiger partial charge is 0.366 e. The Bertz CT molecular complexity index is 653. The standard InChI is InChI=1S/C12H8ClF2N3O/c1-5-8(14)2-6(3-9(5)15)10-4-7(12(16)19)11(13)18-17-10/h2-4H,1H3,(H2,16,19). The van der Waals surface area contributed by atoms with E-state index in [1.54, 1.807) is 0 Å². The fourth-order valence-corrected chi connectivity index (χ4v) is 1.67. The first kappa shape index (κ1) is 13.4. The second-order valence-electron chi connectivity index (χ2n) is 3.86. The predicted octanol–water partition coefficient (Wildman–Crippen LogP) is 2.48. The Morgan fingerprint density at radius 1 is 1.21 bits per heavy atom. The summed E-state index contributed by atoms with van der Waals surface area (Å²) in [6.45, 7) is 1.32. The minimum atomic E-state index is -0.797. The van der Waals surface area contributed by atoms with E-state index in [9.17, 15) is 13.6 Å². The Morgan fingerprint density at radius 2 is 1.79 bits per heavy atom. The summed E-state index contributed by atoms with van der Waals surface area (Å²) in [4.78, 5) is 11.1. The Hall–Kier alpha value is -2.08. The number of aromatic nitrogens is 2. The molecular weight excluding hydrogens is 276 g/mol. The van der Waals surface area contributed by atoms with Crippen molar-refractivity contribution < 1.29 is 13.6 Å². The van der Waals surface area contributed by atoms with Gasteiger partial charge in [-0.1, -0.05) is 11.6 Å². The Balaban J connectivity index is 2.60. The first-order valence-corrected chi connectivity index (χ1v) is 5.57. The van der Waals surface area contributed by atoms with Crippen LogP contribution in [0.5, 0.6) is 0 Å². The molecule has 7 heteroatoms. The molecule has 2 rings (SSSR count). The summed E-state index contributed by atoms with van der Waals surface area (Å²) in [5, 5.41) is 7.05. The fourth-order valence-electron chi connectivity index (χ4n) is 1.48. The third-order valence-electron chi connectivity index (χ3n) is 2.59. The van der Waals surface area contributed by atoms with Crippen molar-refractivity contribution in [1.82, 2.24) is 10.2 Å². The van der Waals surface area contributed by atoms with E-state index in [0.29, 0.717) is 0 Å². The number of halogens is 3. The number of carbonyl (C=O) groups is 1. The lowest BCUT2D eigenvalue weighted by Gasteiger charge is -2.05. The first-order chi connectivity index (χ1) is 8.90. The number of benzene rings is 1. The van der Waals surface area contributed by atoms with Gasteiger partial charge in [-0.05, 0) is 25.1 Å². The molecule has 0 bridgehead atoms. The molecule has 0 spiro atoms. The number of carbonyl (C=O) groups excluding carboxylic acids is 1. The van der Waals surface area contributed by atoms with E-state index in [2.05, 4.69) is 10.2 Å². The van der Waals surface area contributed by atoms with Crippen molar-refractivity contribution in [3.05, 3.63) is 46.1 Å². The number of primary amides is 1. The zero-order chi connectivity index (χ0) is 14.2. The third-order valence-corrected chi connectivity index (χ3v) is 2.87. The number of nitrogens with zero attached hydrogens (tertiary/aromatic N) is 2. The topological polar surface area (TPSA) is 68.9 Å². The summed E-state index contributed by atoms with van der Waals surface area (Å²) >= 11 is 5.64. The maximum atomic E-state index is 13.5. The Morgan fingerprint density at radius 3 is 2.32 bits per heavy atom. The van der Waals surface area contributed by atoms with Crippen molar-refractivity contribution in [1.29, 1.82) is 0 Å². The molecule has 1 aromatic heterocycles. The summed E-state index contributed by atoms with van der Waals surface area (Å²) in [7, 11) is 0. The smallest absolute Gasteiger partial charge is 0.251 e. The third kappa shape index (κ3) is 2.53. The highest BCUT2D eigenvalue weighted by Gasteiger charge is 2.14. The summed E-state index contributed by atoms with van der Waals surface area (Å²) in [5.74, 6) is -2.23. The molecule has 4 nitrogen and oxygen atoms in total. The van der Waals surface area contributed by atoms with Gasteiger partial charge in [-0.25, -0.2) is 8.78 Å². The number of hydrogen-bond donors (Lipinski definition) is 1. The molecular formula is C12H8ClF2N3O. The molecule has 1 aromatic carbocycles. The van der Waals surface area contributed by atoms with Crippen LogP contribution in [0.4, 0.5) is 8.78 Å². The van der Waals surface area contributed by atoms with Gasteiger partial charge in [0, 0.05) is 11.1 Å². The lowest BCUT2D eigenvalue weighted by Crippen LogP contribution is -2.13. The van der Waals surface area contributed by atoms with E-state index >= 15 is 0 Å². The van der Waals surface area contributed by atoms with Gasteiger partial charge in [0.2, 0.25) is 0 Å². The van der Waals surface area contributed by atoms with E-state index in [1.807, 2.05) is 0 Å². The molecule has 1 amide bonds. The summed E-state index contributed by atoms with van der Waals surface area (Å²) < 4.78 is 26.9. The lowest BCUT2D eigenvalue weighted by atomic mass is 10.1. The Kier molecular flexibility index (Phi) is 3.44. The van der Waals surface area contributed by atoms with Crippen LogP contribution in [0, 0.1) is 18.6 Å². The quantitative estimate of drug-likeness (QED) is 0.920. The summed E-state index contributed by atoms with van der Waals surface area (Å²) in [6, 6.07) is 3.43. The zero-order valence-electron chi connectivity index (χ0n) is 9.75. The highest BCUT2D eigenvalue weighted by atomic mass is 35.5. The monoisotopic (exact) mass is 283 g/mol. The average Bonchev–Trinajstić information content (AvgIpc) is 2.35. The molecule has 0 unspecified atom stereocenters. The minimum Gasteiger partial charge on any atom is -0.366 e. The van der Waals surface area contributed by atoms with Crippen LogP contribution in [0.1, 0.15) is 15.9 Å². The molecule has 98 valence electrons. The van der Waals surface area contributed by atoms with Gasteiger partial charge in [0.15, 0.2) is 5.15 Å². The van der Waals surface area contributed by atoms with E-state index in [1.165, 1.54) is 13.0 Å². The van der Waals surface area contributed by atoms with Crippen LogP contribution >= 0.6 is 11.6 Å². The Labute approximate surface area is 112 Å². The number of amides is 1. The van der Waals surface area contributed by atoms with Crippen molar-refractivity contribution in [2.45, 2.75) is 6.92 Å². The minimum absolute atomic E-state index is 0.0620. The van der Waals surface area contributed by atoms with Gasteiger partial charge >= 0.3 is 0 Å². The van der Waals surface area contributed by atoms with E-state index < -0.39 is 17.5 Å². The highest BCUT2D eigenvalue weighted by Crippen LogP contribution is 2.24. The lowest BCUT2D eigenvalue weighted by molar-refractivity contribution is 0.1000. The molecule has 0 saturated heterocycles. The highest BCUT2D eigenvalue weighted by molar-refractivity contribution is 6.32. The van der Waals surface area contributed by atoms with Gasteiger partial charge < -0.3 is 5.73 Å². The van der Waals surface area contributed by atoms with Gasteiger partial charge in [0.25, 0.3) is 5.91 Å². The van der Waals surface area contributed by atoms with Crippen molar-refractivity contribution in [3.8, 4) is 11.3 Å². The van der Waals surface area contributed by atoms with Crippen LogP contribution in [0.2, 0.25) is 5.15 Å². The second-order valence-corrected chi connectivity index (χ2v) is 4.22. The van der Waals surface area contributed by atoms with Crippen molar-refractivity contribution in [2.75, 3.05) is 0 Å². The number of nitrogens with two attached hydrogens (primary N) is 1. The molecule has 0 aliphatic carbocycles. The van der Waals surface area contributed by atoms with Gasteiger partial charge in [0.05, 0.1) is 11.3 Å². The summed E-state index contributed by atoms with van der Waals surface area (Å²) in [6.07, 6.45) is 0. The van der Waals surface area contributed by atoms with Crippen molar-refractivity contribution in [3.63, 3.8) is 0 Å². The van der Waals surface area contributed by atoms with Crippen LogP contribution in [0.15, 0.2) is 18.2 Å². The van der Waals surface area contributed by atoms with Crippen LogP contribution in [0.25, 0.3) is 11.3 Å². The number of rotatable bonds is 2. The first-order valence-electron chi connectivity index (χ1n) is 5.19. The van der Waals surface area contributed by atoms with E-state index in [-0.39, 0.29) is 27.5 Å². The SMILES string of the molecule is Cc1c(F)cc(-c2cc(C(N)=O)c(Cl)nn2)cc1F. The van der Waals surface area contributed by atoms with Gasteiger partial charge in [-0.2, -0.15) is 0 Å². The van der Waals surface area contributed by atoms with Crippen LogP contribution in [-0.2, 0) is 0 Å². The van der Waals surface area contributed by atoms with Gasteiger partial charge in [0.1, 0.15) is 11.6 Å². The average molecular weight is 284 g/mol. The van der Waals surface area contributed by atoms with Gasteiger partial charge in [-0.3, -0.25) is 4.79 Å². The van der Waals surface area contributed by atoms with E-state index in [4.69, 9.17) is 17.3 Å². The molecule has 0 radical (unpaired) electrons. The molecule has 1 heterocycles. The van der Waals surface area contributed by atoms with Crippen molar-refractivity contribution in [2.24, 2.45) is 5.73 Å². The van der Waals surface area contributed by atoms with Gasteiger partial charge in [-0.15, -0.1) is 10.2 Å². The molecule has 0 saturated carbocycles. The van der Waals surface area contributed by atoms with E-state index in [0.717, 1.165) is 12.1 Å². The molecule has 2 N–H and O–H groups in total. The van der Waals surface area contributed by atoms with Crippen LogP contribution < -0.4 is 5.73 Å². The molecule has 0 aliphatic heterocycles. The molecule has 19 heavy (non-hydrogen) atoms. The zero-order valence-corrected chi connectivity index (χ0v) is 10.5. The maximum absolute atomic E-state index is 13.5. The number of hydrogen-bond acceptors (Lipinski definition) is 3. The molecule has 0 fully saturated rings. The predicted molar refractivity (Wildman–Crippen MR) is 65.6 cm³/mol. The normalized spacial score (nSPS) is 10.5. The maximum Gasteiger partial charge on any atom is 0.251 e. The second kappa shape index (κ2) is 4.89. The van der Waals surface area contributed by atoms with Crippen LogP contribution in [-0.4, -0.2) is 16.1 Å². The fraction of sp³-hybridized carbons (Fsp3) is 0.0833. The molecule has 0 aliphatic rings. The molecule has 2 aromatic rings. The summed E-state index contributed by atoms with van der Waals surface area (Å²) in [5.41, 5.74) is 5.20. The van der Waals surface area contributed by atoms with Crippen molar-refractivity contribution >= 4 is 17.5 Å². The molecule has 0 atom stereocenters. The van der Waals surface area contributed by atoms with Crippen LogP contribution in [0.3, 0.4) is 0 Å².